The van der Waals surface area contributed by atoms with E-state index in [1.165, 1.54) is 7.11 Å². The minimum absolute atomic E-state index is 0.0745. The summed E-state index contributed by atoms with van der Waals surface area (Å²) >= 11 is 0. The van der Waals surface area contributed by atoms with Gasteiger partial charge in [0.1, 0.15) is 0 Å². The Bertz CT molecular complexity index is 735. The number of nitro groups is 1. The molecule has 0 radical (unpaired) electrons. The highest BCUT2D eigenvalue weighted by molar-refractivity contribution is 5.90. The van der Waals surface area contributed by atoms with Crippen LogP contribution in [0.5, 0.6) is 11.5 Å². The number of fused-ring (bicyclic) bond motifs is 1. The minimum atomic E-state index is -0.412. The monoisotopic (exact) mass is 376 g/mol. The van der Waals surface area contributed by atoms with Crippen LogP contribution in [-0.4, -0.2) is 48.4 Å². The second kappa shape index (κ2) is 8.12. The fourth-order valence-electron chi connectivity index (χ4n) is 3.87. The lowest BCUT2D eigenvalue weighted by Gasteiger charge is -2.33. The lowest BCUT2D eigenvalue weighted by Crippen LogP contribution is -2.42. The summed E-state index contributed by atoms with van der Waals surface area (Å²) in [6.07, 6.45) is 1.85. The molecule has 2 unspecified atom stereocenters. The zero-order valence-corrected chi connectivity index (χ0v) is 16.4. The van der Waals surface area contributed by atoms with Gasteiger partial charge in [-0.05, 0) is 38.4 Å². The summed E-state index contributed by atoms with van der Waals surface area (Å²) in [6.45, 7) is 8.82. The lowest BCUT2D eigenvalue weighted by molar-refractivity contribution is -0.386. The number of rotatable bonds is 7. The molecule has 8 heteroatoms. The van der Waals surface area contributed by atoms with Gasteiger partial charge in [0.2, 0.25) is 5.75 Å². The maximum atomic E-state index is 11.7. The Morgan fingerprint density at radius 1 is 1.44 bits per heavy atom. The van der Waals surface area contributed by atoms with E-state index in [-0.39, 0.29) is 29.5 Å². The normalized spacial score (nSPS) is 22.2. The van der Waals surface area contributed by atoms with E-state index in [0.29, 0.717) is 5.75 Å². The predicted molar refractivity (Wildman–Crippen MR) is 104 cm³/mol. The second-order valence-corrected chi connectivity index (χ2v) is 7.36. The highest BCUT2D eigenvalue weighted by Gasteiger charge is 2.38. The molecular weight excluding hydrogens is 348 g/mol. The molecule has 2 aliphatic rings. The minimum Gasteiger partial charge on any atom is -0.493 e. The zero-order chi connectivity index (χ0) is 19.6. The van der Waals surface area contributed by atoms with Crippen molar-refractivity contribution in [3.63, 3.8) is 0 Å². The third-order valence-corrected chi connectivity index (χ3v) is 5.04. The van der Waals surface area contributed by atoms with Crippen molar-refractivity contribution in [2.45, 2.75) is 45.8 Å². The highest BCUT2D eigenvalue weighted by Crippen LogP contribution is 2.43. The van der Waals surface area contributed by atoms with E-state index in [4.69, 9.17) is 9.47 Å². The van der Waals surface area contributed by atoms with Crippen molar-refractivity contribution < 1.29 is 14.4 Å². The van der Waals surface area contributed by atoms with Crippen LogP contribution in [0, 0.1) is 16.0 Å². The number of hydrazone groups is 1. The van der Waals surface area contributed by atoms with Crippen LogP contribution < -0.4 is 14.9 Å². The Hall–Kier alpha value is -2.35. The molecule has 1 aromatic carbocycles. The molecule has 1 aromatic rings. The van der Waals surface area contributed by atoms with Crippen LogP contribution in [0.3, 0.4) is 0 Å². The molecular formula is C19H28N4O4. The molecule has 0 aliphatic carbocycles. The molecule has 8 nitrogen and oxygen atoms in total. The Kier molecular flexibility index (Phi) is 5.84. The molecule has 3 rings (SSSR count). The Balaban J connectivity index is 1.94. The molecule has 1 fully saturated rings. The van der Waals surface area contributed by atoms with Gasteiger partial charge in [-0.3, -0.25) is 10.1 Å². The van der Waals surface area contributed by atoms with E-state index in [0.717, 1.165) is 43.8 Å². The van der Waals surface area contributed by atoms with Crippen molar-refractivity contribution in [3.05, 3.63) is 27.8 Å². The third kappa shape index (κ3) is 4.00. The van der Waals surface area contributed by atoms with Crippen molar-refractivity contribution in [3.8, 4) is 11.5 Å². The summed E-state index contributed by atoms with van der Waals surface area (Å²) < 4.78 is 11.1. The molecule has 2 aliphatic heterocycles. The van der Waals surface area contributed by atoms with Crippen LogP contribution in [0.15, 0.2) is 17.2 Å². The summed E-state index contributed by atoms with van der Waals surface area (Å²) in [7, 11) is 1.50. The number of likely N-dealkylation sites (tertiary alicyclic amines) is 1. The van der Waals surface area contributed by atoms with E-state index in [9.17, 15) is 10.1 Å². The summed E-state index contributed by atoms with van der Waals surface area (Å²) in [6, 6.07) is 3.33. The van der Waals surface area contributed by atoms with Crippen molar-refractivity contribution in [1.29, 1.82) is 0 Å². The first-order valence-corrected chi connectivity index (χ1v) is 9.51. The Labute approximate surface area is 159 Å². The first kappa shape index (κ1) is 19.4. The number of ether oxygens (including phenoxy) is 2. The van der Waals surface area contributed by atoms with Crippen LogP contribution in [0.4, 0.5) is 5.69 Å². The van der Waals surface area contributed by atoms with Crippen LogP contribution in [0.2, 0.25) is 0 Å². The van der Waals surface area contributed by atoms with Crippen LogP contribution in [0.1, 0.15) is 45.2 Å². The van der Waals surface area contributed by atoms with Crippen LogP contribution in [0.25, 0.3) is 0 Å². The van der Waals surface area contributed by atoms with E-state index < -0.39 is 4.92 Å². The zero-order valence-electron chi connectivity index (χ0n) is 16.4. The van der Waals surface area contributed by atoms with Crippen molar-refractivity contribution >= 4 is 11.4 Å². The van der Waals surface area contributed by atoms with Gasteiger partial charge in [0.15, 0.2) is 5.75 Å². The summed E-state index contributed by atoms with van der Waals surface area (Å²) in [4.78, 5) is 13.7. The number of piperidine rings is 1. The average Bonchev–Trinajstić information content (AvgIpc) is 3.04. The number of hydrogen-bond donors (Lipinski definition) is 1. The maximum absolute atomic E-state index is 11.7. The smallest absolute Gasteiger partial charge is 0.315 e. The molecule has 27 heavy (non-hydrogen) atoms. The van der Waals surface area contributed by atoms with Gasteiger partial charge in [0.25, 0.3) is 0 Å². The topological polar surface area (TPSA) is 89.2 Å². The van der Waals surface area contributed by atoms with E-state index in [2.05, 4.69) is 22.4 Å². The summed E-state index contributed by atoms with van der Waals surface area (Å²) in [5.41, 5.74) is 5.08. The van der Waals surface area contributed by atoms with E-state index in [1.54, 1.807) is 6.07 Å². The first-order valence-electron chi connectivity index (χ1n) is 9.51. The van der Waals surface area contributed by atoms with Crippen LogP contribution in [-0.2, 0) is 0 Å². The maximum Gasteiger partial charge on any atom is 0.315 e. The molecule has 1 N–H and O–H groups in total. The fourth-order valence-corrected chi connectivity index (χ4v) is 3.87. The molecule has 0 aromatic heterocycles. The number of hydrogen-bond acceptors (Lipinski definition) is 7. The van der Waals surface area contributed by atoms with Gasteiger partial charge in [0.05, 0.1) is 24.2 Å². The van der Waals surface area contributed by atoms with Gasteiger partial charge < -0.3 is 19.8 Å². The molecule has 1 saturated heterocycles. The quantitative estimate of drug-likeness (QED) is 0.581. The van der Waals surface area contributed by atoms with E-state index in [1.807, 2.05) is 19.9 Å². The average molecular weight is 376 g/mol. The molecule has 0 amide bonds. The lowest BCUT2D eigenvalue weighted by atomic mass is 9.86. The standard InChI is InChI=1S/C19H28N4O4/c1-5-7-22-8-6-15-14(11-22)18(21-20-15)13-9-16(23(24)25)19(27-12(2)3)17(10-13)26-4/h9-10,12,14,18,21H,5-8,11H2,1-4H3. The molecule has 2 atom stereocenters. The molecule has 148 valence electrons. The Morgan fingerprint density at radius 3 is 2.85 bits per heavy atom. The third-order valence-electron chi connectivity index (χ3n) is 5.04. The number of nitrogens with one attached hydrogen (secondary N) is 1. The molecule has 2 heterocycles. The van der Waals surface area contributed by atoms with Gasteiger partial charge in [-0.2, -0.15) is 5.10 Å². The van der Waals surface area contributed by atoms with Crippen LogP contribution >= 0.6 is 0 Å². The highest BCUT2D eigenvalue weighted by atomic mass is 16.6. The van der Waals surface area contributed by atoms with E-state index >= 15 is 0 Å². The fraction of sp³-hybridized carbons (Fsp3) is 0.632. The first-order chi connectivity index (χ1) is 12.9. The predicted octanol–water partition coefficient (Wildman–Crippen LogP) is 3.12. The number of methoxy groups -OCH3 is 1. The van der Waals surface area contributed by atoms with Gasteiger partial charge in [0, 0.05) is 37.2 Å². The molecule has 0 saturated carbocycles. The number of nitrogens with zero attached hydrogens (tertiary/aromatic N) is 3. The summed E-state index contributed by atoms with van der Waals surface area (Å²) in [5, 5.41) is 16.2. The van der Waals surface area contributed by atoms with Gasteiger partial charge in [-0.1, -0.05) is 6.92 Å². The van der Waals surface area contributed by atoms with Gasteiger partial charge in [-0.25, -0.2) is 0 Å². The summed E-state index contributed by atoms with van der Waals surface area (Å²) in [5.74, 6) is 0.771. The Morgan fingerprint density at radius 2 is 2.22 bits per heavy atom. The van der Waals surface area contributed by atoms with Gasteiger partial charge in [-0.15, -0.1) is 0 Å². The van der Waals surface area contributed by atoms with Crippen molar-refractivity contribution in [2.24, 2.45) is 11.0 Å². The number of nitro benzene ring substituents is 1. The number of benzene rings is 1. The van der Waals surface area contributed by atoms with Crippen molar-refractivity contribution in [2.75, 3.05) is 26.7 Å². The SMILES string of the molecule is CCCN1CCC2=NNC(c3cc(OC)c(OC(C)C)c([N+](=O)[O-])c3)C2C1. The van der Waals surface area contributed by atoms with Crippen molar-refractivity contribution in [1.82, 2.24) is 10.3 Å². The second-order valence-electron chi connectivity index (χ2n) is 7.36. The largest absolute Gasteiger partial charge is 0.493 e. The molecule has 0 spiro atoms. The van der Waals surface area contributed by atoms with Gasteiger partial charge >= 0.3 is 5.69 Å². The molecule has 0 bridgehead atoms.